The van der Waals surface area contributed by atoms with Gasteiger partial charge in [-0.3, -0.25) is 9.80 Å². The Morgan fingerprint density at radius 2 is 1.91 bits per heavy atom. The number of rotatable bonds is 7. The van der Waals surface area contributed by atoms with Gasteiger partial charge >= 0.3 is 15.6 Å². The van der Waals surface area contributed by atoms with Crippen molar-refractivity contribution in [3.63, 3.8) is 0 Å². The van der Waals surface area contributed by atoms with E-state index in [1.165, 1.54) is 0 Å². The molecular formula is C29H30F3N3O9S. The highest BCUT2D eigenvalue weighted by atomic mass is 32.2. The Kier molecular flexibility index (Phi) is 7.51. The zero-order chi connectivity index (χ0) is 32.6. The first kappa shape index (κ1) is 31.1. The minimum atomic E-state index is -6.09. The van der Waals surface area contributed by atoms with E-state index in [1.807, 2.05) is 16.7 Å². The average molecular weight is 654 g/mol. The molecule has 242 valence electrons. The molecule has 0 aliphatic carbocycles. The van der Waals surface area contributed by atoms with Crippen LogP contribution in [0.5, 0.6) is 34.5 Å². The number of aliphatic hydroxyl groups excluding tert-OH is 1. The van der Waals surface area contributed by atoms with Gasteiger partial charge in [-0.15, -0.1) is 0 Å². The summed E-state index contributed by atoms with van der Waals surface area (Å²) in [5.74, 6) is -0.587. The average Bonchev–Trinajstić information content (AvgIpc) is 3.47. The first-order valence-corrected chi connectivity index (χ1v) is 15.3. The second kappa shape index (κ2) is 10.9. The van der Waals surface area contributed by atoms with Crippen LogP contribution >= 0.6 is 0 Å². The minimum absolute atomic E-state index is 0.0358. The number of hydrogen-bond donors (Lipinski definition) is 2. The van der Waals surface area contributed by atoms with Crippen LogP contribution in [-0.2, 0) is 23.0 Å². The van der Waals surface area contributed by atoms with Crippen molar-refractivity contribution < 1.29 is 54.9 Å². The third-order valence-corrected chi connectivity index (χ3v) is 10.0. The topological polar surface area (TPSA) is 151 Å². The molecule has 4 heterocycles. The number of likely N-dealkylation sites (N-methyl/N-ethyl adjacent to an activating group) is 1. The second-order valence-corrected chi connectivity index (χ2v) is 12.7. The summed E-state index contributed by atoms with van der Waals surface area (Å²) in [6.45, 7) is 5.27. The van der Waals surface area contributed by atoms with Gasteiger partial charge in [0, 0.05) is 34.3 Å². The van der Waals surface area contributed by atoms with Crippen LogP contribution in [0.15, 0.2) is 18.7 Å². The Hall–Kier alpha value is -3.91. The maximum absolute atomic E-state index is 13.2. The molecule has 0 saturated carbocycles. The standard InChI is InChI=1S/C29H30F3N3O9S/c1-5-6-41-25-13(2)26-28(43-12-42-26)22-15(25)9-17-23-21-14(7-16(34(23)3)18(10-33)35(17)19(22)11-36)8-20(27(40-4)24(21)37)44-45(38,39)29(30,31)32/h5,8,16-19,23,36-37H,1,6-7,9,11-12H2,2-4H3/t16-,17-,18-,19-,23-/m0/s1. The third-order valence-electron chi connectivity index (χ3n) is 9.05. The van der Waals surface area contributed by atoms with Crippen LogP contribution in [0.3, 0.4) is 0 Å². The van der Waals surface area contributed by atoms with Crippen LogP contribution in [0.4, 0.5) is 13.2 Å². The normalized spacial score (nSPS) is 25.4. The Morgan fingerprint density at radius 3 is 2.53 bits per heavy atom. The zero-order valence-corrected chi connectivity index (χ0v) is 25.2. The Balaban J connectivity index is 1.56. The summed E-state index contributed by atoms with van der Waals surface area (Å²) >= 11 is 0. The van der Waals surface area contributed by atoms with Crippen molar-refractivity contribution in [2.24, 2.45) is 0 Å². The summed E-state index contributed by atoms with van der Waals surface area (Å²) in [6.07, 6.45) is 1.87. The molecule has 0 unspecified atom stereocenters. The summed E-state index contributed by atoms with van der Waals surface area (Å²) < 4.78 is 90.8. The van der Waals surface area contributed by atoms with Gasteiger partial charge in [0.05, 0.1) is 31.9 Å². The molecule has 6 rings (SSSR count). The number of fused-ring (bicyclic) bond motifs is 9. The largest absolute Gasteiger partial charge is 0.534 e. The lowest BCUT2D eigenvalue weighted by molar-refractivity contribution is -0.0825. The van der Waals surface area contributed by atoms with Crippen molar-refractivity contribution >= 4 is 10.1 Å². The Labute approximate surface area is 256 Å². The Morgan fingerprint density at radius 1 is 1.20 bits per heavy atom. The molecule has 0 spiro atoms. The number of methoxy groups -OCH3 is 1. The van der Waals surface area contributed by atoms with Crippen molar-refractivity contribution in [1.29, 1.82) is 5.26 Å². The number of nitrogens with zero attached hydrogens (tertiary/aromatic N) is 3. The second-order valence-electron chi connectivity index (χ2n) is 11.2. The van der Waals surface area contributed by atoms with E-state index in [0.29, 0.717) is 39.5 Å². The quantitative estimate of drug-likeness (QED) is 0.257. The molecule has 0 amide bonds. The van der Waals surface area contributed by atoms with Crippen LogP contribution in [0.1, 0.15) is 39.9 Å². The van der Waals surface area contributed by atoms with Gasteiger partial charge in [-0.25, -0.2) is 0 Å². The highest BCUT2D eigenvalue weighted by Crippen LogP contribution is 2.59. The molecule has 5 atom stereocenters. The van der Waals surface area contributed by atoms with Gasteiger partial charge in [-0.2, -0.15) is 26.9 Å². The van der Waals surface area contributed by atoms with Crippen molar-refractivity contribution in [2.45, 2.75) is 55.5 Å². The molecule has 0 aromatic heterocycles. The number of alkyl halides is 3. The predicted molar refractivity (Wildman–Crippen MR) is 150 cm³/mol. The number of aromatic hydroxyl groups is 1. The van der Waals surface area contributed by atoms with Crippen LogP contribution in [0.25, 0.3) is 0 Å². The van der Waals surface area contributed by atoms with Gasteiger partial charge in [0.2, 0.25) is 12.5 Å². The summed E-state index contributed by atoms with van der Waals surface area (Å²) in [6, 6.07) is -0.00805. The Bertz CT molecular complexity index is 1730. The van der Waals surface area contributed by atoms with E-state index < -0.39 is 69.7 Å². The highest BCUT2D eigenvalue weighted by molar-refractivity contribution is 7.88. The summed E-state index contributed by atoms with van der Waals surface area (Å²) in [7, 11) is -3.25. The van der Waals surface area contributed by atoms with Crippen molar-refractivity contribution in [2.75, 3.05) is 34.2 Å². The van der Waals surface area contributed by atoms with Crippen LogP contribution in [0.2, 0.25) is 0 Å². The monoisotopic (exact) mass is 653 g/mol. The lowest BCUT2D eigenvalue weighted by atomic mass is 9.72. The fraction of sp³-hybridized carbons (Fsp3) is 0.483. The molecule has 1 saturated heterocycles. The fourth-order valence-electron chi connectivity index (χ4n) is 7.34. The number of aliphatic hydroxyl groups is 1. The molecular weight excluding hydrogens is 623 g/mol. The number of phenolic OH excluding ortho intramolecular Hbond substituents is 1. The number of piperazine rings is 1. The summed E-state index contributed by atoms with van der Waals surface area (Å²) in [4.78, 5) is 3.80. The van der Waals surface area contributed by atoms with E-state index in [4.69, 9.17) is 18.9 Å². The number of phenols is 1. The number of benzene rings is 2. The van der Waals surface area contributed by atoms with Crippen LogP contribution < -0.4 is 23.1 Å². The number of halogens is 3. The van der Waals surface area contributed by atoms with Crippen LogP contribution in [0, 0.1) is 18.3 Å². The van der Waals surface area contributed by atoms with Crippen molar-refractivity contribution in [1.82, 2.24) is 9.80 Å². The summed E-state index contributed by atoms with van der Waals surface area (Å²) in [5, 5.41) is 32.9. The molecule has 45 heavy (non-hydrogen) atoms. The number of hydrogen-bond acceptors (Lipinski definition) is 12. The molecule has 4 aliphatic heterocycles. The first-order valence-electron chi connectivity index (χ1n) is 13.9. The first-order chi connectivity index (χ1) is 21.3. The van der Waals surface area contributed by atoms with E-state index in [0.717, 1.165) is 13.2 Å². The van der Waals surface area contributed by atoms with Gasteiger partial charge in [-0.1, -0.05) is 12.7 Å². The van der Waals surface area contributed by atoms with E-state index >= 15 is 0 Å². The summed E-state index contributed by atoms with van der Waals surface area (Å²) in [5.41, 5.74) is -3.15. The maximum Gasteiger partial charge on any atom is 0.534 e. The number of nitriles is 1. The van der Waals surface area contributed by atoms with E-state index in [2.05, 4.69) is 16.8 Å². The fourth-order valence-corrected chi connectivity index (χ4v) is 7.79. The molecule has 1 fully saturated rings. The third kappa shape index (κ3) is 4.47. The van der Waals surface area contributed by atoms with E-state index in [-0.39, 0.29) is 31.8 Å². The molecule has 2 N–H and O–H groups in total. The molecule has 0 radical (unpaired) electrons. The molecule has 4 aliphatic rings. The van der Waals surface area contributed by atoms with Gasteiger partial charge in [0.1, 0.15) is 18.4 Å². The molecule has 2 aromatic rings. The lowest BCUT2D eigenvalue weighted by Gasteiger charge is -2.59. The maximum atomic E-state index is 13.2. The van der Waals surface area contributed by atoms with Crippen molar-refractivity contribution in [3.05, 3.63) is 46.5 Å². The van der Waals surface area contributed by atoms with Gasteiger partial charge in [-0.05, 0) is 38.4 Å². The highest BCUT2D eigenvalue weighted by Gasteiger charge is 2.57. The zero-order valence-electron chi connectivity index (χ0n) is 24.4. The number of ether oxygens (including phenoxy) is 4. The lowest BCUT2D eigenvalue weighted by Crippen LogP contribution is -2.68. The van der Waals surface area contributed by atoms with E-state index in [9.17, 15) is 37.1 Å². The molecule has 2 aromatic carbocycles. The smallest absolute Gasteiger partial charge is 0.504 e. The SMILES string of the molecule is C=CCOc1c(C)c2c(c3c1C[C@H]1[C@H]4c5c(cc(OS(=O)(=O)C(F)(F)F)c(OC)c5O)C[C@@H]([C@H](C#N)N1[C@H]3CO)N4C)OCO2. The van der Waals surface area contributed by atoms with Gasteiger partial charge in [0.25, 0.3) is 0 Å². The molecule has 2 bridgehead atoms. The van der Waals surface area contributed by atoms with E-state index in [1.54, 1.807) is 13.1 Å². The van der Waals surface area contributed by atoms with Crippen molar-refractivity contribution in [3.8, 4) is 40.6 Å². The minimum Gasteiger partial charge on any atom is -0.504 e. The van der Waals surface area contributed by atoms with Crippen LogP contribution in [-0.4, -0.2) is 86.2 Å². The predicted octanol–water partition coefficient (Wildman–Crippen LogP) is 2.99. The molecule has 16 heteroatoms. The molecule has 12 nitrogen and oxygen atoms in total. The van der Waals surface area contributed by atoms with Gasteiger partial charge < -0.3 is 33.3 Å². The van der Waals surface area contributed by atoms with Gasteiger partial charge in [0.15, 0.2) is 23.0 Å².